The van der Waals surface area contributed by atoms with E-state index in [-0.39, 0.29) is 6.61 Å². The molecule has 0 aromatic heterocycles. The molecule has 0 amide bonds. The molecule has 0 aliphatic carbocycles. The molecule has 0 bridgehead atoms. The van der Waals surface area contributed by atoms with Crippen LogP contribution in [-0.2, 0) is 0 Å². The largest absolute Gasteiger partial charge is 0.393 e. The van der Waals surface area contributed by atoms with E-state index >= 15 is 0 Å². The van der Waals surface area contributed by atoms with E-state index in [1.54, 1.807) is 0 Å². The van der Waals surface area contributed by atoms with Gasteiger partial charge in [0.05, 0.1) is 6.61 Å². The number of hydrogen-bond donors (Lipinski definition) is 1. The Kier molecular flexibility index (Phi) is 12.9. The molecule has 0 rings (SSSR count). The highest BCUT2D eigenvalue weighted by atomic mass is 19.1. The van der Waals surface area contributed by atoms with Crippen LogP contribution < -0.4 is 0 Å². The molecule has 1 N–H and O–H groups in total. The van der Waals surface area contributed by atoms with Gasteiger partial charge in [-0.15, -0.1) is 0 Å². The van der Waals surface area contributed by atoms with Crippen molar-refractivity contribution in [1.29, 1.82) is 0 Å². The predicted octanol–water partition coefficient (Wildman–Crippen LogP) is 4.63. The van der Waals surface area contributed by atoms with Gasteiger partial charge in [-0.25, -0.2) is 4.39 Å². The quantitative estimate of drug-likeness (QED) is 0.486. The zero-order valence-electron chi connectivity index (χ0n) is 10.9. The molecule has 1 nitrogen and oxygen atoms in total. The average Bonchev–Trinajstić information content (AvgIpc) is 2.31. The number of hydrogen-bond acceptors (Lipinski definition) is 1. The van der Waals surface area contributed by atoms with Crippen LogP contribution in [0.3, 0.4) is 0 Å². The number of aliphatic hydroxyl groups is 1. The first-order valence-electron chi connectivity index (χ1n) is 7.06. The maximum atomic E-state index is 12.6. The van der Waals surface area contributed by atoms with Gasteiger partial charge in [-0.2, -0.15) is 0 Å². The maximum absolute atomic E-state index is 12.6. The molecule has 0 aromatic carbocycles. The lowest BCUT2D eigenvalue weighted by molar-refractivity contribution is 0.167. The van der Waals surface area contributed by atoms with Crippen LogP contribution in [0, 0.1) is 0 Å². The number of alkyl halides is 1. The summed E-state index contributed by atoms with van der Waals surface area (Å²) in [6, 6.07) is 0. The Morgan fingerprint density at radius 3 is 1.69 bits per heavy atom. The summed E-state index contributed by atoms with van der Waals surface area (Å²) in [6.45, 7) is 1.93. The fraction of sp³-hybridized carbons (Fsp3) is 1.00. The highest BCUT2D eigenvalue weighted by Gasteiger charge is 2.02. The maximum Gasteiger partial charge on any atom is 0.123 e. The second kappa shape index (κ2) is 13.0. The minimum atomic E-state index is -0.992. The second-order valence-corrected chi connectivity index (χ2v) is 4.75. The summed E-state index contributed by atoms with van der Waals surface area (Å²) in [6.07, 6.45) is 12.3. The Morgan fingerprint density at radius 1 is 0.812 bits per heavy atom. The van der Waals surface area contributed by atoms with E-state index in [2.05, 4.69) is 6.92 Å². The van der Waals surface area contributed by atoms with Crippen LogP contribution in [0.25, 0.3) is 0 Å². The molecule has 0 saturated heterocycles. The van der Waals surface area contributed by atoms with E-state index < -0.39 is 6.17 Å². The number of halogens is 1. The minimum absolute atomic E-state index is 0.308. The van der Waals surface area contributed by atoms with Crippen molar-refractivity contribution >= 4 is 0 Å². The summed E-state index contributed by atoms with van der Waals surface area (Å²) in [5.41, 5.74) is 0. The zero-order valence-corrected chi connectivity index (χ0v) is 10.9. The van der Waals surface area contributed by atoms with Crippen LogP contribution in [0.4, 0.5) is 4.39 Å². The van der Waals surface area contributed by atoms with Gasteiger partial charge in [-0.1, -0.05) is 71.1 Å². The summed E-state index contributed by atoms with van der Waals surface area (Å²) in [5, 5.41) is 8.50. The molecule has 0 aliphatic rings. The minimum Gasteiger partial charge on any atom is -0.393 e. The SMILES string of the molecule is CCCCCCCCCCCCC(F)CO. The summed E-state index contributed by atoms with van der Waals surface area (Å²) in [4.78, 5) is 0. The van der Waals surface area contributed by atoms with Crippen molar-refractivity contribution in [3.8, 4) is 0 Å². The molecule has 1 atom stereocenters. The highest BCUT2D eigenvalue weighted by molar-refractivity contribution is 4.54. The van der Waals surface area contributed by atoms with E-state index in [0.29, 0.717) is 6.42 Å². The normalized spacial score (nSPS) is 12.9. The molecule has 16 heavy (non-hydrogen) atoms. The van der Waals surface area contributed by atoms with Gasteiger partial charge in [0.2, 0.25) is 0 Å². The fourth-order valence-corrected chi connectivity index (χ4v) is 1.94. The van der Waals surface area contributed by atoms with Gasteiger partial charge in [0.1, 0.15) is 6.17 Å². The molecule has 0 radical (unpaired) electrons. The smallest absolute Gasteiger partial charge is 0.123 e. The molecule has 0 heterocycles. The van der Waals surface area contributed by atoms with Crippen molar-refractivity contribution in [3.05, 3.63) is 0 Å². The molecular weight excluding hydrogens is 203 g/mol. The van der Waals surface area contributed by atoms with E-state index in [4.69, 9.17) is 5.11 Å². The van der Waals surface area contributed by atoms with Gasteiger partial charge in [0, 0.05) is 0 Å². The second-order valence-electron chi connectivity index (χ2n) is 4.75. The Balaban J connectivity index is 2.93. The van der Waals surface area contributed by atoms with E-state index in [9.17, 15) is 4.39 Å². The summed E-state index contributed by atoms with van der Waals surface area (Å²) in [7, 11) is 0. The Bertz CT molecular complexity index is 128. The van der Waals surface area contributed by atoms with Crippen LogP contribution in [-0.4, -0.2) is 17.9 Å². The third kappa shape index (κ3) is 12.0. The van der Waals surface area contributed by atoms with Crippen LogP contribution >= 0.6 is 0 Å². The van der Waals surface area contributed by atoms with Crippen molar-refractivity contribution < 1.29 is 9.50 Å². The van der Waals surface area contributed by atoms with Gasteiger partial charge < -0.3 is 5.11 Å². The van der Waals surface area contributed by atoms with Gasteiger partial charge >= 0.3 is 0 Å². The molecule has 0 aliphatic heterocycles. The fourth-order valence-electron chi connectivity index (χ4n) is 1.94. The standard InChI is InChI=1S/C14H29FO/c1-2-3-4-5-6-7-8-9-10-11-12-14(15)13-16/h14,16H,2-13H2,1H3. The molecule has 0 spiro atoms. The Hall–Kier alpha value is -0.110. The Labute approximate surface area is 100 Å². The van der Waals surface area contributed by atoms with E-state index in [1.807, 2.05) is 0 Å². The Morgan fingerprint density at radius 2 is 1.25 bits per heavy atom. The lowest BCUT2D eigenvalue weighted by Crippen LogP contribution is -2.04. The van der Waals surface area contributed by atoms with Crippen LogP contribution in [0.15, 0.2) is 0 Å². The number of aliphatic hydroxyl groups excluding tert-OH is 1. The lowest BCUT2D eigenvalue weighted by atomic mass is 10.1. The molecular formula is C14H29FO. The lowest BCUT2D eigenvalue weighted by Gasteiger charge is -2.04. The average molecular weight is 232 g/mol. The molecule has 0 saturated carbocycles. The van der Waals surface area contributed by atoms with Crippen molar-refractivity contribution in [2.45, 2.75) is 83.7 Å². The van der Waals surface area contributed by atoms with Gasteiger partial charge in [0.15, 0.2) is 0 Å². The van der Waals surface area contributed by atoms with Gasteiger partial charge in [-0.3, -0.25) is 0 Å². The first-order chi connectivity index (χ1) is 7.81. The number of unbranched alkanes of at least 4 members (excludes halogenated alkanes) is 9. The van der Waals surface area contributed by atoms with E-state index in [0.717, 1.165) is 12.8 Å². The highest BCUT2D eigenvalue weighted by Crippen LogP contribution is 2.12. The molecule has 98 valence electrons. The summed E-state index contributed by atoms with van der Waals surface area (Å²) < 4.78 is 12.6. The summed E-state index contributed by atoms with van der Waals surface area (Å²) >= 11 is 0. The topological polar surface area (TPSA) is 20.2 Å². The molecule has 0 fully saturated rings. The third-order valence-electron chi connectivity index (χ3n) is 3.07. The number of rotatable bonds is 12. The molecule has 1 unspecified atom stereocenters. The predicted molar refractivity (Wildman–Crippen MR) is 68.4 cm³/mol. The first-order valence-corrected chi connectivity index (χ1v) is 7.06. The zero-order chi connectivity index (χ0) is 12.1. The first kappa shape index (κ1) is 15.9. The van der Waals surface area contributed by atoms with Crippen molar-refractivity contribution in [2.75, 3.05) is 6.61 Å². The van der Waals surface area contributed by atoms with Crippen molar-refractivity contribution in [3.63, 3.8) is 0 Å². The van der Waals surface area contributed by atoms with Gasteiger partial charge in [-0.05, 0) is 6.42 Å². The molecule has 2 heteroatoms. The van der Waals surface area contributed by atoms with Crippen LogP contribution in [0.5, 0.6) is 0 Å². The van der Waals surface area contributed by atoms with Crippen molar-refractivity contribution in [2.24, 2.45) is 0 Å². The third-order valence-corrected chi connectivity index (χ3v) is 3.07. The summed E-state index contributed by atoms with van der Waals surface area (Å²) in [5.74, 6) is 0. The molecule has 0 aromatic rings. The van der Waals surface area contributed by atoms with Gasteiger partial charge in [0.25, 0.3) is 0 Å². The van der Waals surface area contributed by atoms with E-state index in [1.165, 1.54) is 51.4 Å². The monoisotopic (exact) mass is 232 g/mol. The van der Waals surface area contributed by atoms with Crippen molar-refractivity contribution in [1.82, 2.24) is 0 Å². The van der Waals surface area contributed by atoms with Crippen LogP contribution in [0.1, 0.15) is 77.6 Å². The van der Waals surface area contributed by atoms with Crippen LogP contribution in [0.2, 0.25) is 0 Å².